The first-order chi connectivity index (χ1) is 11.7. The van der Waals surface area contributed by atoms with Crippen molar-refractivity contribution in [2.75, 3.05) is 32.7 Å². The van der Waals surface area contributed by atoms with Gasteiger partial charge in [0, 0.05) is 32.2 Å². The Hall–Kier alpha value is -0.610. The zero-order valence-electron chi connectivity index (χ0n) is 15.2. The van der Waals surface area contributed by atoms with Gasteiger partial charge in [-0.05, 0) is 62.8 Å². The van der Waals surface area contributed by atoms with Gasteiger partial charge in [-0.3, -0.25) is 4.79 Å². The van der Waals surface area contributed by atoms with Crippen molar-refractivity contribution < 1.29 is 4.79 Å². The number of amides is 1. The molecule has 136 valence electrons. The molecule has 4 heteroatoms. The molecule has 4 atom stereocenters. The van der Waals surface area contributed by atoms with Gasteiger partial charge in [-0.15, -0.1) is 0 Å². The maximum atomic E-state index is 13.1. The second kappa shape index (κ2) is 7.33. The molecule has 4 fully saturated rings. The number of rotatable bonds is 3. The highest BCUT2D eigenvalue weighted by Crippen LogP contribution is 2.48. The van der Waals surface area contributed by atoms with Gasteiger partial charge in [-0.1, -0.05) is 19.3 Å². The minimum Gasteiger partial charge on any atom is -0.341 e. The number of hydrogen-bond donors (Lipinski definition) is 1. The lowest BCUT2D eigenvalue weighted by molar-refractivity contribution is -0.137. The maximum Gasteiger partial charge on any atom is 0.227 e. The fraction of sp³-hybridized carbons (Fsp3) is 0.950. The Labute approximate surface area is 147 Å². The van der Waals surface area contributed by atoms with Crippen LogP contribution in [0.2, 0.25) is 0 Å². The van der Waals surface area contributed by atoms with E-state index < -0.39 is 0 Å². The van der Waals surface area contributed by atoms with Gasteiger partial charge in [0.25, 0.3) is 0 Å². The Kier molecular flexibility index (Phi) is 5.14. The Morgan fingerprint density at radius 1 is 0.875 bits per heavy atom. The summed E-state index contributed by atoms with van der Waals surface area (Å²) in [5, 5.41) is 0. The Balaban J connectivity index is 1.30. The molecular formula is C20H35N3O. The van der Waals surface area contributed by atoms with Gasteiger partial charge in [0.2, 0.25) is 5.91 Å². The summed E-state index contributed by atoms with van der Waals surface area (Å²) in [7, 11) is 0. The second-order valence-corrected chi connectivity index (χ2v) is 8.92. The van der Waals surface area contributed by atoms with Crippen molar-refractivity contribution in [1.82, 2.24) is 9.80 Å². The molecule has 0 aromatic heterocycles. The summed E-state index contributed by atoms with van der Waals surface area (Å²) in [5.74, 6) is 2.63. The monoisotopic (exact) mass is 333 g/mol. The molecule has 2 bridgehead atoms. The third-order valence-electron chi connectivity index (χ3n) is 7.41. The molecule has 2 N–H and O–H groups in total. The first-order valence-electron chi connectivity index (χ1n) is 10.5. The highest BCUT2D eigenvalue weighted by atomic mass is 16.2. The molecule has 4 nitrogen and oxygen atoms in total. The SMILES string of the molecule is NC1C2CCC(C2)C1C(=O)N1CCCN(CC2CCCCC2)CC1. The molecule has 4 aliphatic rings. The van der Waals surface area contributed by atoms with Crippen LogP contribution >= 0.6 is 0 Å². The molecule has 24 heavy (non-hydrogen) atoms. The first kappa shape index (κ1) is 16.8. The summed E-state index contributed by atoms with van der Waals surface area (Å²) < 4.78 is 0. The van der Waals surface area contributed by atoms with E-state index in [1.807, 2.05) is 0 Å². The van der Waals surface area contributed by atoms with Crippen LogP contribution in [-0.4, -0.2) is 54.5 Å². The predicted molar refractivity (Wildman–Crippen MR) is 96.5 cm³/mol. The van der Waals surface area contributed by atoms with Crippen molar-refractivity contribution in [2.45, 2.75) is 63.8 Å². The van der Waals surface area contributed by atoms with Crippen molar-refractivity contribution in [3.8, 4) is 0 Å². The average molecular weight is 334 g/mol. The lowest BCUT2D eigenvalue weighted by Crippen LogP contribution is -2.48. The van der Waals surface area contributed by atoms with Gasteiger partial charge >= 0.3 is 0 Å². The minimum absolute atomic E-state index is 0.133. The quantitative estimate of drug-likeness (QED) is 0.863. The molecule has 4 rings (SSSR count). The highest BCUT2D eigenvalue weighted by Gasteiger charge is 2.50. The van der Waals surface area contributed by atoms with E-state index in [0.29, 0.717) is 17.7 Å². The van der Waals surface area contributed by atoms with Crippen LogP contribution in [0.15, 0.2) is 0 Å². The van der Waals surface area contributed by atoms with Gasteiger partial charge in [-0.2, -0.15) is 0 Å². The van der Waals surface area contributed by atoms with E-state index in [-0.39, 0.29) is 12.0 Å². The van der Waals surface area contributed by atoms with Crippen molar-refractivity contribution in [3.05, 3.63) is 0 Å². The Bertz CT molecular complexity index is 446. The Morgan fingerprint density at radius 2 is 1.67 bits per heavy atom. The topological polar surface area (TPSA) is 49.6 Å². The van der Waals surface area contributed by atoms with Gasteiger partial charge < -0.3 is 15.5 Å². The van der Waals surface area contributed by atoms with Gasteiger partial charge in [0.15, 0.2) is 0 Å². The summed E-state index contributed by atoms with van der Waals surface area (Å²) in [5.41, 5.74) is 6.40. The summed E-state index contributed by atoms with van der Waals surface area (Å²) in [4.78, 5) is 17.9. The zero-order chi connectivity index (χ0) is 16.5. The van der Waals surface area contributed by atoms with E-state index >= 15 is 0 Å². The van der Waals surface area contributed by atoms with Crippen LogP contribution in [0.4, 0.5) is 0 Å². The van der Waals surface area contributed by atoms with E-state index in [0.717, 1.165) is 32.0 Å². The molecule has 0 aromatic rings. The molecule has 3 saturated carbocycles. The van der Waals surface area contributed by atoms with Gasteiger partial charge in [0.05, 0.1) is 5.92 Å². The number of carbonyl (C=O) groups excluding carboxylic acids is 1. The zero-order valence-corrected chi connectivity index (χ0v) is 15.2. The van der Waals surface area contributed by atoms with E-state index in [1.54, 1.807) is 0 Å². The molecule has 1 saturated heterocycles. The van der Waals surface area contributed by atoms with E-state index in [2.05, 4.69) is 9.80 Å². The second-order valence-electron chi connectivity index (χ2n) is 8.92. The van der Waals surface area contributed by atoms with Crippen LogP contribution in [0.3, 0.4) is 0 Å². The fourth-order valence-corrected chi connectivity index (χ4v) is 6.02. The highest BCUT2D eigenvalue weighted by molar-refractivity contribution is 5.80. The molecule has 1 heterocycles. The summed E-state index contributed by atoms with van der Waals surface area (Å²) in [6, 6.07) is 0.137. The van der Waals surface area contributed by atoms with Gasteiger partial charge in [-0.25, -0.2) is 0 Å². The third kappa shape index (κ3) is 3.37. The van der Waals surface area contributed by atoms with Crippen LogP contribution in [0.1, 0.15) is 57.8 Å². The number of nitrogens with zero attached hydrogens (tertiary/aromatic N) is 2. The normalized spacial score (nSPS) is 38.5. The summed E-state index contributed by atoms with van der Waals surface area (Å²) in [6.07, 6.45) is 11.9. The standard InChI is InChI=1S/C20H35N3O/c21-19-17-8-7-16(13-17)18(19)20(24)23-10-4-9-22(11-12-23)14-15-5-2-1-3-6-15/h15-19H,1-14,21H2. The van der Waals surface area contributed by atoms with Crippen LogP contribution in [0.25, 0.3) is 0 Å². The number of hydrogen-bond acceptors (Lipinski definition) is 3. The van der Waals surface area contributed by atoms with Crippen molar-refractivity contribution in [1.29, 1.82) is 0 Å². The van der Waals surface area contributed by atoms with E-state index in [4.69, 9.17) is 5.73 Å². The summed E-state index contributed by atoms with van der Waals surface area (Å²) in [6.45, 7) is 5.36. The lowest BCUT2D eigenvalue weighted by atomic mass is 9.84. The minimum atomic E-state index is 0.133. The van der Waals surface area contributed by atoms with Crippen molar-refractivity contribution in [2.24, 2.45) is 29.4 Å². The first-order valence-corrected chi connectivity index (χ1v) is 10.5. The fourth-order valence-electron chi connectivity index (χ4n) is 6.02. The molecule has 4 unspecified atom stereocenters. The average Bonchev–Trinajstić information content (AvgIpc) is 3.10. The predicted octanol–water partition coefficient (Wildman–Crippen LogP) is 2.47. The lowest BCUT2D eigenvalue weighted by Gasteiger charge is -2.32. The van der Waals surface area contributed by atoms with Crippen molar-refractivity contribution >= 4 is 5.91 Å². The molecule has 0 aromatic carbocycles. The number of carbonyl (C=O) groups is 1. The van der Waals surface area contributed by atoms with Crippen LogP contribution in [0, 0.1) is 23.7 Å². The van der Waals surface area contributed by atoms with Crippen molar-refractivity contribution in [3.63, 3.8) is 0 Å². The smallest absolute Gasteiger partial charge is 0.227 e. The molecular weight excluding hydrogens is 298 g/mol. The van der Waals surface area contributed by atoms with Crippen LogP contribution in [-0.2, 0) is 4.79 Å². The van der Waals surface area contributed by atoms with Crippen LogP contribution in [0.5, 0.6) is 0 Å². The molecule has 0 radical (unpaired) electrons. The molecule has 1 aliphatic heterocycles. The molecule has 1 amide bonds. The number of fused-ring (bicyclic) bond motifs is 2. The molecule has 0 spiro atoms. The van der Waals surface area contributed by atoms with E-state index in [9.17, 15) is 4.79 Å². The molecule has 3 aliphatic carbocycles. The summed E-state index contributed by atoms with van der Waals surface area (Å²) >= 11 is 0. The van der Waals surface area contributed by atoms with Gasteiger partial charge in [0.1, 0.15) is 0 Å². The van der Waals surface area contributed by atoms with Crippen LogP contribution < -0.4 is 5.73 Å². The largest absolute Gasteiger partial charge is 0.341 e. The number of nitrogens with two attached hydrogens (primary N) is 1. The van der Waals surface area contributed by atoms with E-state index in [1.165, 1.54) is 64.5 Å². The maximum absolute atomic E-state index is 13.1. The third-order valence-corrected chi connectivity index (χ3v) is 7.41. The Morgan fingerprint density at radius 3 is 2.42 bits per heavy atom.